The lowest BCUT2D eigenvalue weighted by atomic mass is 10.2. The number of amides is 1. The Morgan fingerprint density at radius 2 is 2.20 bits per heavy atom. The van der Waals surface area contributed by atoms with E-state index in [2.05, 4.69) is 10.3 Å². The highest BCUT2D eigenvalue weighted by atomic mass is 32.2. The summed E-state index contributed by atoms with van der Waals surface area (Å²) in [4.78, 5) is 26.4. The van der Waals surface area contributed by atoms with Gasteiger partial charge in [0, 0.05) is 5.38 Å². The second-order valence-electron chi connectivity index (χ2n) is 4.50. The van der Waals surface area contributed by atoms with Gasteiger partial charge >= 0.3 is 5.97 Å². The molecule has 1 aromatic rings. The Morgan fingerprint density at radius 3 is 2.80 bits per heavy atom. The smallest absolute Gasteiger partial charge is 0.355 e. The molecular formula is C11H14N2O5S2. The highest BCUT2D eigenvalue weighted by Crippen LogP contribution is 2.20. The lowest BCUT2D eigenvalue weighted by molar-refractivity contribution is -0.121. The van der Waals surface area contributed by atoms with Gasteiger partial charge in [0.2, 0.25) is 5.91 Å². The van der Waals surface area contributed by atoms with Crippen molar-refractivity contribution in [3.05, 3.63) is 16.1 Å². The van der Waals surface area contributed by atoms with Crippen molar-refractivity contribution in [1.82, 2.24) is 10.3 Å². The van der Waals surface area contributed by atoms with Crippen LogP contribution in [0.3, 0.4) is 0 Å². The summed E-state index contributed by atoms with van der Waals surface area (Å²) in [5, 5.41) is 12.1. The van der Waals surface area contributed by atoms with Crippen molar-refractivity contribution >= 4 is 33.1 Å². The molecule has 0 aromatic carbocycles. The van der Waals surface area contributed by atoms with Crippen LogP contribution in [0.25, 0.3) is 0 Å². The first kappa shape index (κ1) is 14.9. The Bertz CT molecular complexity index is 623. The van der Waals surface area contributed by atoms with E-state index in [1.807, 2.05) is 0 Å². The molecule has 0 bridgehead atoms. The molecule has 110 valence electrons. The zero-order valence-corrected chi connectivity index (χ0v) is 12.2. The van der Waals surface area contributed by atoms with Crippen molar-refractivity contribution in [2.24, 2.45) is 0 Å². The molecule has 0 radical (unpaired) electrons. The summed E-state index contributed by atoms with van der Waals surface area (Å²) < 4.78 is 23.6. The fourth-order valence-electron chi connectivity index (χ4n) is 2.02. The first-order valence-corrected chi connectivity index (χ1v) is 8.66. The van der Waals surface area contributed by atoms with Crippen LogP contribution in [0.5, 0.6) is 0 Å². The van der Waals surface area contributed by atoms with Crippen LogP contribution in [-0.2, 0) is 21.2 Å². The lowest BCUT2D eigenvalue weighted by Gasteiger charge is -2.21. The van der Waals surface area contributed by atoms with Crippen molar-refractivity contribution in [3.8, 4) is 0 Å². The number of thiazole rings is 1. The van der Waals surface area contributed by atoms with Gasteiger partial charge in [-0.2, -0.15) is 0 Å². The number of carbonyl (C=O) groups excluding carboxylic acids is 1. The average Bonchev–Trinajstić information content (AvgIpc) is 2.84. The molecule has 1 fully saturated rings. The minimum atomic E-state index is -3.36. The Hall–Kier alpha value is -1.48. The number of aromatic carboxylic acids is 1. The molecule has 1 atom stereocenters. The molecule has 1 amide bonds. The van der Waals surface area contributed by atoms with E-state index in [4.69, 9.17) is 5.11 Å². The molecule has 2 N–H and O–H groups in total. The van der Waals surface area contributed by atoms with E-state index in [0.717, 1.165) is 17.8 Å². The molecule has 1 unspecified atom stereocenters. The van der Waals surface area contributed by atoms with E-state index in [0.29, 0.717) is 17.8 Å². The van der Waals surface area contributed by atoms with Crippen LogP contribution in [0.4, 0.5) is 0 Å². The van der Waals surface area contributed by atoms with Crippen molar-refractivity contribution in [1.29, 1.82) is 0 Å². The standard InChI is InChI=1S/C11H14N2O5S2/c14-10(8-3-1-2-4-20(8,17)18)12-5-9-13-7(6-19-9)11(15)16/h6,8H,1-5H2,(H,12,14)(H,15,16). The van der Waals surface area contributed by atoms with Crippen molar-refractivity contribution in [2.75, 3.05) is 5.75 Å². The number of carbonyl (C=O) groups is 2. The van der Waals surface area contributed by atoms with Crippen molar-refractivity contribution in [2.45, 2.75) is 31.1 Å². The topological polar surface area (TPSA) is 113 Å². The molecule has 9 heteroatoms. The van der Waals surface area contributed by atoms with Gasteiger partial charge in [-0.3, -0.25) is 4.79 Å². The molecule has 1 aliphatic heterocycles. The van der Waals surface area contributed by atoms with Crippen LogP contribution in [0.15, 0.2) is 5.38 Å². The number of carboxylic acids is 1. The van der Waals surface area contributed by atoms with E-state index in [-0.39, 0.29) is 18.0 Å². The number of carboxylic acid groups (broad SMARTS) is 1. The molecule has 1 aliphatic rings. The molecule has 0 saturated carbocycles. The Balaban J connectivity index is 1.96. The maximum Gasteiger partial charge on any atom is 0.355 e. The Kier molecular flexibility index (Phi) is 4.39. The van der Waals surface area contributed by atoms with Crippen LogP contribution >= 0.6 is 11.3 Å². The summed E-state index contributed by atoms with van der Waals surface area (Å²) in [6, 6.07) is 0. The monoisotopic (exact) mass is 318 g/mol. The maximum absolute atomic E-state index is 11.9. The fraction of sp³-hybridized carbons (Fsp3) is 0.545. The zero-order valence-electron chi connectivity index (χ0n) is 10.5. The minimum Gasteiger partial charge on any atom is -0.476 e. The van der Waals surface area contributed by atoms with E-state index in [9.17, 15) is 18.0 Å². The highest BCUT2D eigenvalue weighted by molar-refractivity contribution is 7.92. The molecule has 1 aromatic heterocycles. The van der Waals surface area contributed by atoms with Gasteiger partial charge in [0.25, 0.3) is 0 Å². The summed E-state index contributed by atoms with van der Waals surface area (Å²) in [6.45, 7) is 0.0444. The van der Waals surface area contributed by atoms with E-state index < -0.39 is 27.0 Å². The number of hydrogen-bond acceptors (Lipinski definition) is 6. The molecule has 1 saturated heterocycles. The predicted octanol–water partition coefficient (Wildman–Crippen LogP) is 0.425. The van der Waals surface area contributed by atoms with Gasteiger partial charge in [0.05, 0.1) is 12.3 Å². The lowest BCUT2D eigenvalue weighted by Crippen LogP contribution is -2.42. The van der Waals surface area contributed by atoms with Gasteiger partial charge in [-0.25, -0.2) is 18.2 Å². The van der Waals surface area contributed by atoms with E-state index >= 15 is 0 Å². The average molecular weight is 318 g/mol. The summed E-state index contributed by atoms with van der Waals surface area (Å²) >= 11 is 1.11. The third-order valence-corrected chi connectivity index (χ3v) is 6.08. The van der Waals surface area contributed by atoms with Crippen LogP contribution in [-0.4, -0.2) is 41.4 Å². The van der Waals surface area contributed by atoms with Gasteiger partial charge in [0.1, 0.15) is 10.3 Å². The molecule has 2 rings (SSSR count). The second kappa shape index (κ2) is 5.88. The number of nitrogens with one attached hydrogen (secondary N) is 1. The second-order valence-corrected chi connectivity index (χ2v) is 7.75. The fourth-order valence-corrected chi connectivity index (χ4v) is 4.55. The summed E-state index contributed by atoms with van der Waals surface area (Å²) in [7, 11) is -3.36. The van der Waals surface area contributed by atoms with Gasteiger partial charge in [-0.05, 0) is 12.8 Å². The molecule has 2 heterocycles. The van der Waals surface area contributed by atoms with Gasteiger partial charge in [0.15, 0.2) is 15.5 Å². The number of nitrogens with zero attached hydrogens (tertiary/aromatic N) is 1. The number of aromatic nitrogens is 1. The normalized spacial score (nSPS) is 21.3. The first-order chi connectivity index (χ1) is 9.40. The van der Waals surface area contributed by atoms with Gasteiger partial charge in [-0.15, -0.1) is 11.3 Å². The van der Waals surface area contributed by atoms with Crippen LogP contribution in [0, 0.1) is 0 Å². The van der Waals surface area contributed by atoms with Crippen LogP contribution in [0.2, 0.25) is 0 Å². The SMILES string of the molecule is O=C(O)c1csc(CNC(=O)C2CCCCS2(=O)=O)n1. The van der Waals surface area contributed by atoms with Gasteiger partial charge in [-0.1, -0.05) is 6.42 Å². The molecule has 7 nitrogen and oxygen atoms in total. The summed E-state index contributed by atoms with van der Waals surface area (Å²) in [6.07, 6.45) is 1.66. The zero-order chi connectivity index (χ0) is 14.8. The third-order valence-electron chi connectivity index (χ3n) is 3.06. The Labute approximate surface area is 119 Å². The van der Waals surface area contributed by atoms with Gasteiger partial charge < -0.3 is 10.4 Å². The minimum absolute atomic E-state index is 0.0444. The molecular weight excluding hydrogens is 304 g/mol. The maximum atomic E-state index is 11.9. The Morgan fingerprint density at radius 1 is 1.45 bits per heavy atom. The highest BCUT2D eigenvalue weighted by Gasteiger charge is 2.34. The van der Waals surface area contributed by atoms with Crippen molar-refractivity contribution in [3.63, 3.8) is 0 Å². The number of sulfone groups is 1. The number of hydrogen-bond donors (Lipinski definition) is 2. The first-order valence-electron chi connectivity index (χ1n) is 6.07. The van der Waals surface area contributed by atoms with E-state index in [1.54, 1.807) is 0 Å². The van der Waals surface area contributed by atoms with E-state index in [1.165, 1.54) is 5.38 Å². The summed E-state index contributed by atoms with van der Waals surface area (Å²) in [5.41, 5.74) is -0.0791. The van der Waals surface area contributed by atoms with Crippen molar-refractivity contribution < 1.29 is 23.1 Å². The summed E-state index contributed by atoms with van der Waals surface area (Å²) in [5.74, 6) is -1.61. The number of rotatable bonds is 4. The predicted molar refractivity (Wildman–Crippen MR) is 72.3 cm³/mol. The molecule has 0 spiro atoms. The largest absolute Gasteiger partial charge is 0.476 e. The van der Waals surface area contributed by atoms with Crippen LogP contribution < -0.4 is 5.32 Å². The quantitative estimate of drug-likeness (QED) is 0.832. The van der Waals surface area contributed by atoms with Crippen LogP contribution in [0.1, 0.15) is 34.8 Å². The molecule has 0 aliphatic carbocycles. The molecule has 20 heavy (non-hydrogen) atoms. The third kappa shape index (κ3) is 3.34.